The molecule has 1 aromatic carbocycles. The molecule has 0 fully saturated rings. The van der Waals surface area contributed by atoms with Crippen molar-refractivity contribution in [3.8, 4) is 0 Å². The fourth-order valence-electron chi connectivity index (χ4n) is 1.68. The Bertz CT molecular complexity index is 334. The van der Waals surface area contributed by atoms with E-state index in [4.69, 9.17) is 0 Å². The third-order valence-corrected chi connectivity index (χ3v) is 2.98. The average molecular weight is 208 g/mol. The van der Waals surface area contributed by atoms with E-state index in [-0.39, 0.29) is 11.2 Å². The van der Waals surface area contributed by atoms with Gasteiger partial charge < -0.3 is 0 Å². The Kier molecular flexibility index (Phi) is 3.54. The van der Waals surface area contributed by atoms with Gasteiger partial charge in [-0.3, -0.25) is 0 Å². The molecule has 1 rings (SSSR count). The van der Waals surface area contributed by atoms with E-state index in [1.54, 1.807) is 6.07 Å². The van der Waals surface area contributed by atoms with Crippen LogP contribution in [-0.2, 0) is 5.41 Å². The molecule has 0 saturated carbocycles. The fraction of sp³-hybridized carbons (Fsp3) is 0.571. The van der Waals surface area contributed by atoms with Gasteiger partial charge in [0.05, 0.1) is 0 Å². The molecule has 0 spiro atoms. The lowest BCUT2D eigenvalue weighted by molar-refractivity contribution is 0.520. The number of hydrogen-bond donors (Lipinski definition) is 0. The van der Waals surface area contributed by atoms with E-state index in [2.05, 4.69) is 19.9 Å². The first-order valence-electron chi connectivity index (χ1n) is 5.66. The summed E-state index contributed by atoms with van der Waals surface area (Å²) in [6.07, 6.45) is 1.05. The first-order chi connectivity index (χ1) is 6.86. The second kappa shape index (κ2) is 4.34. The summed E-state index contributed by atoms with van der Waals surface area (Å²) in [4.78, 5) is 0. The van der Waals surface area contributed by atoms with Crippen molar-refractivity contribution in [3.05, 3.63) is 35.1 Å². The van der Waals surface area contributed by atoms with Crippen molar-refractivity contribution in [2.75, 3.05) is 0 Å². The number of halogens is 1. The van der Waals surface area contributed by atoms with E-state index in [0.29, 0.717) is 5.92 Å². The molecule has 1 unspecified atom stereocenters. The maximum atomic E-state index is 13.8. The zero-order valence-electron chi connectivity index (χ0n) is 10.4. The SMILES string of the molecule is CCC(C)c1ccc(C(C)(C)C)c(F)c1. The third-order valence-electron chi connectivity index (χ3n) is 2.98. The lowest BCUT2D eigenvalue weighted by Crippen LogP contribution is -2.13. The predicted molar refractivity (Wildman–Crippen MR) is 63.8 cm³/mol. The molecule has 1 atom stereocenters. The molecule has 84 valence electrons. The van der Waals surface area contributed by atoms with Crippen LogP contribution in [0.5, 0.6) is 0 Å². The first kappa shape index (κ1) is 12.2. The lowest BCUT2D eigenvalue weighted by atomic mass is 9.85. The molecule has 15 heavy (non-hydrogen) atoms. The zero-order valence-corrected chi connectivity index (χ0v) is 10.4. The lowest BCUT2D eigenvalue weighted by Gasteiger charge is -2.21. The van der Waals surface area contributed by atoms with Crippen molar-refractivity contribution in [1.82, 2.24) is 0 Å². The van der Waals surface area contributed by atoms with Crippen molar-refractivity contribution in [2.45, 2.75) is 52.4 Å². The highest BCUT2D eigenvalue weighted by Gasteiger charge is 2.18. The Labute approximate surface area is 92.5 Å². The van der Waals surface area contributed by atoms with Gasteiger partial charge in [0, 0.05) is 0 Å². The quantitative estimate of drug-likeness (QED) is 0.664. The summed E-state index contributed by atoms with van der Waals surface area (Å²) < 4.78 is 13.8. The molecule has 0 N–H and O–H groups in total. The maximum Gasteiger partial charge on any atom is 0.127 e. The van der Waals surface area contributed by atoms with Crippen LogP contribution < -0.4 is 0 Å². The van der Waals surface area contributed by atoms with Gasteiger partial charge >= 0.3 is 0 Å². The van der Waals surface area contributed by atoms with Crippen molar-refractivity contribution < 1.29 is 4.39 Å². The summed E-state index contributed by atoms with van der Waals surface area (Å²) in [6.45, 7) is 10.4. The summed E-state index contributed by atoms with van der Waals surface area (Å²) >= 11 is 0. The Morgan fingerprint density at radius 2 is 1.87 bits per heavy atom. The molecule has 0 aliphatic rings. The van der Waals surface area contributed by atoms with Crippen LogP contribution in [0.3, 0.4) is 0 Å². The van der Waals surface area contributed by atoms with Gasteiger partial charge in [0.15, 0.2) is 0 Å². The average Bonchev–Trinajstić information content (AvgIpc) is 2.14. The molecular formula is C14H21F. The number of hydrogen-bond acceptors (Lipinski definition) is 0. The summed E-state index contributed by atoms with van der Waals surface area (Å²) in [5.41, 5.74) is 1.79. The van der Waals surface area contributed by atoms with Gasteiger partial charge in [-0.25, -0.2) is 4.39 Å². The van der Waals surface area contributed by atoms with E-state index in [1.165, 1.54) is 0 Å². The molecule has 0 bridgehead atoms. The molecule has 1 aromatic rings. The van der Waals surface area contributed by atoms with Gasteiger partial charge in [-0.2, -0.15) is 0 Å². The Hall–Kier alpha value is -0.850. The topological polar surface area (TPSA) is 0 Å². The van der Waals surface area contributed by atoms with Gasteiger partial charge in [0.2, 0.25) is 0 Å². The summed E-state index contributed by atoms with van der Waals surface area (Å²) in [7, 11) is 0. The summed E-state index contributed by atoms with van der Waals surface area (Å²) in [5.74, 6) is 0.369. The molecule has 0 saturated heterocycles. The molecule has 0 aliphatic heterocycles. The van der Waals surface area contributed by atoms with Gasteiger partial charge in [-0.1, -0.05) is 46.8 Å². The summed E-state index contributed by atoms with van der Waals surface area (Å²) in [6, 6.07) is 5.67. The van der Waals surface area contributed by atoms with Gasteiger partial charge in [-0.15, -0.1) is 0 Å². The van der Waals surface area contributed by atoms with Gasteiger partial charge in [-0.05, 0) is 34.9 Å². The monoisotopic (exact) mass is 208 g/mol. The van der Waals surface area contributed by atoms with Crippen molar-refractivity contribution in [2.24, 2.45) is 0 Å². The largest absolute Gasteiger partial charge is 0.207 e. The molecular weight excluding hydrogens is 187 g/mol. The number of rotatable bonds is 2. The molecule has 0 amide bonds. The highest BCUT2D eigenvalue weighted by molar-refractivity contribution is 5.30. The van der Waals surface area contributed by atoms with Crippen LogP contribution in [-0.4, -0.2) is 0 Å². The van der Waals surface area contributed by atoms with Crippen LogP contribution in [0.4, 0.5) is 4.39 Å². The van der Waals surface area contributed by atoms with Gasteiger partial charge in [0.1, 0.15) is 5.82 Å². The molecule has 0 aliphatic carbocycles. The van der Waals surface area contributed by atoms with E-state index >= 15 is 0 Å². The van der Waals surface area contributed by atoms with E-state index in [1.807, 2.05) is 26.8 Å². The predicted octanol–water partition coefficient (Wildman–Crippen LogP) is 4.64. The van der Waals surface area contributed by atoms with Crippen LogP contribution in [0.1, 0.15) is 58.1 Å². The Morgan fingerprint density at radius 1 is 1.27 bits per heavy atom. The van der Waals surface area contributed by atoms with Gasteiger partial charge in [0.25, 0.3) is 0 Å². The smallest absolute Gasteiger partial charge is 0.127 e. The maximum absolute atomic E-state index is 13.8. The Morgan fingerprint density at radius 3 is 2.27 bits per heavy atom. The zero-order chi connectivity index (χ0) is 11.6. The van der Waals surface area contributed by atoms with Crippen molar-refractivity contribution in [3.63, 3.8) is 0 Å². The van der Waals surface area contributed by atoms with Crippen molar-refractivity contribution >= 4 is 0 Å². The minimum Gasteiger partial charge on any atom is -0.207 e. The third kappa shape index (κ3) is 2.80. The summed E-state index contributed by atoms with van der Waals surface area (Å²) in [5, 5.41) is 0. The normalized spacial score (nSPS) is 14.0. The highest BCUT2D eigenvalue weighted by Crippen LogP contribution is 2.28. The van der Waals surface area contributed by atoms with Crippen LogP contribution in [0.2, 0.25) is 0 Å². The minimum absolute atomic E-state index is 0.0692. The van der Waals surface area contributed by atoms with E-state index < -0.39 is 0 Å². The van der Waals surface area contributed by atoms with E-state index in [9.17, 15) is 4.39 Å². The second-order valence-electron chi connectivity index (χ2n) is 5.30. The van der Waals surface area contributed by atoms with Crippen LogP contribution in [0.25, 0.3) is 0 Å². The van der Waals surface area contributed by atoms with Crippen LogP contribution in [0.15, 0.2) is 18.2 Å². The first-order valence-corrected chi connectivity index (χ1v) is 5.66. The van der Waals surface area contributed by atoms with E-state index in [0.717, 1.165) is 17.5 Å². The molecule has 1 heteroatoms. The van der Waals surface area contributed by atoms with Crippen LogP contribution >= 0.6 is 0 Å². The van der Waals surface area contributed by atoms with Crippen LogP contribution in [0, 0.1) is 5.82 Å². The molecule has 0 heterocycles. The second-order valence-corrected chi connectivity index (χ2v) is 5.30. The minimum atomic E-state index is -0.113. The fourth-order valence-corrected chi connectivity index (χ4v) is 1.68. The standard InChI is InChI=1S/C14H21F/c1-6-10(2)11-7-8-12(13(15)9-11)14(3,4)5/h7-10H,6H2,1-5H3. The van der Waals surface area contributed by atoms with Crippen molar-refractivity contribution in [1.29, 1.82) is 0 Å². The highest BCUT2D eigenvalue weighted by atomic mass is 19.1. The Balaban J connectivity index is 3.09. The molecule has 0 aromatic heterocycles. The number of benzene rings is 1. The molecule has 0 radical (unpaired) electrons. The molecule has 0 nitrogen and oxygen atoms in total.